The highest BCUT2D eigenvalue weighted by molar-refractivity contribution is 5.58. The fourth-order valence-corrected chi connectivity index (χ4v) is 2.43. The van der Waals surface area contributed by atoms with Crippen molar-refractivity contribution in [3.8, 4) is 6.07 Å². The van der Waals surface area contributed by atoms with Crippen molar-refractivity contribution in [1.82, 2.24) is 4.90 Å². The maximum atomic E-state index is 9.04. The molecule has 1 saturated heterocycles. The van der Waals surface area contributed by atoms with Crippen LogP contribution in [-0.2, 0) is 0 Å². The van der Waals surface area contributed by atoms with E-state index in [9.17, 15) is 0 Å². The predicted molar refractivity (Wildman–Crippen MR) is 74.7 cm³/mol. The molecule has 1 aliphatic heterocycles. The summed E-state index contributed by atoms with van der Waals surface area (Å²) in [6.45, 7) is 6.67. The summed E-state index contributed by atoms with van der Waals surface area (Å²) in [5, 5.41) is 12.4. The molecule has 0 aromatic heterocycles. The van der Waals surface area contributed by atoms with E-state index in [-0.39, 0.29) is 0 Å². The average Bonchev–Trinajstić information content (AvgIpc) is 2.88. The predicted octanol–water partition coefficient (Wildman–Crippen LogP) is 2.76. The van der Waals surface area contributed by atoms with E-state index in [1.54, 1.807) is 0 Å². The van der Waals surface area contributed by atoms with Crippen molar-refractivity contribution >= 4 is 5.69 Å². The van der Waals surface area contributed by atoms with Gasteiger partial charge in [0.1, 0.15) is 6.07 Å². The van der Waals surface area contributed by atoms with Gasteiger partial charge in [-0.2, -0.15) is 5.26 Å². The minimum atomic E-state index is 0.738. The maximum absolute atomic E-state index is 9.04. The van der Waals surface area contributed by atoms with E-state index in [1.165, 1.54) is 38.0 Å². The van der Waals surface area contributed by atoms with E-state index in [0.29, 0.717) is 0 Å². The van der Waals surface area contributed by atoms with Gasteiger partial charge >= 0.3 is 0 Å². The van der Waals surface area contributed by atoms with Crippen LogP contribution in [0.1, 0.15) is 30.4 Å². The highest BCUT2D eigenvalue weighted by Gasteiger charge is 2.10. The summed E-state index contributed by atoms with van der Waals surface area (Å²) in [7, 11) is 0. The van der Waals surface area contributed by atoms with Crippen LogP contribution in [0.5, 0.6) is 0 Å². The number of nitrogens with one attached hydrogen (secondary N) is 1. The van der Waals surface area contributed by atoms with E-state index < -0.39 is 0 Å². The van der Waals surface area contributed by atoms with Crippen molar-refractivity contribution in [3.05, 3.63) is 29.3 Å². The zero-order valence-electron chi connectivity index (χ0n) is 11.1. The van der Waals surface area contributed by atoms with Gasteiger partial charge in [0.2, 0.25) is 0 Å². The van der Waals surface area contributed by atoms with Gasteiger partial charge in [-0.1, -0.05) is 6.07 Å². The molecular formula is C15H21N3. The van der Waals surface area contributed by atoms with Gasteiger partial charge in [-0.15, -0.1) is 0 Å². The van der Waals surface area contributed by atoms with Crippen LogP contribution in [0, 0.1) is 18.3 Å². The SMILES string of the molecule is Cc1ccc(C#N)c(NCCCN2CCCC2)c1. The van der Waals surface area contributed by atoms with E-state index in [1.807, 2.05) is 12.1 Å². The molecule has 96 valence electrons. The van der Waals surface area contributed by atoms with Gasteiger partial charge in [-0.05, 0) is 63.5 Å². The van der Waals surface area contributed by atoms with Crippen LogP contribution in [0.25, 0.3) is 0 Å². The summed E-state index contributed by atoms with van der Waals surface area (Å²) in [6.07, 6.45) is 3.84. The summed E-state index contributed by atoms with van der Waals surface area (Å²) < 4.78 is 0. The van der Waals surface area contributed by atoms with Crippen molar-refractivity contribution in [3.63, 3.8) is 0 Å². The molecule has 0 unspecified atom stereocenters. The van der Waals surface area contributed by atoms with Crippen molar-refractivity contribution in [1.29, 1.82) is 5.26 Å². The van der Waals surface area contributed by atoms with Gasteiger partial charge in [0, 0.05) is 6.54 Å². The Labute approximate surface area is 109 Å². The highest BCUT2D eigenvalue weighted by atomic mass is 15.1. The molecule has 1 N–H and O–H groups in total. The average molecular weight is 243 g/mol. The molecule has 0 atom stereocenters. The Kier molecular flexibility index (Phi) is 4.60. The zero-order valence-corrected chi connectivity index (χ0v) is 11.1. The summed E-state index contributed by atoms with van der Waals surface area (Å²) in [5.74, 6) is 0. The van der Waals surface area contributed by atoms with Gasteiger partial charge in [-0.25, -0.2) is 0 Å². The molecule has 3 nitrogen and oxygen atoms in total. The van der Waals surface area contributed by atoms with E-state index in [2.05, 4.69) is 29.3 Å². The van der Waals surface area contributed by atoms with Crippen LogP contribution in [0.2, 0.25) is 0 Å². The van der Waals surface area contributed by atoms with Gasteiger partial charge in [-0.3, -0.25) is 0 Å². The minimum absolute atomic E-state index is 0.738. The maximum Gasteiger partial charge on any atom is 0.101 e. The Morgan fingerprint density at radius 1 is 1.33 bits per heavy atom. The summed E-state index contributed by atoms with van der Waals surface area (Å²) >= 11 is 0. The number of nitrogens with zero attached hydrogens (tertiary/aromatic N) is 2. The summed E-state index contributed by atoms with van der Waals surface area (Å²) in [4.78, 5) is 2.52. The fourth-order valence-electron chi connectivity index (χ4n) is 2.43. The Hall–Kier alpha value is -1.53. The smallest absolute Gasteiger partial charge is 0.101 e. The van der Waals surface area contributed by atoms with Gasteiger partial charge in [0.15, 0.2) is 0 Å². The monoisotopic (exact) mass is 243 g/mol. The van der Waals surface area contributed by atoms with Crippen LogP contribution in [0.4, 0.5) is 5.69 Å². The normalized spacial score (nSPS) is 15.6. The molecule has 0 radical (unpaired) electrons. The van der Waals surface area contributed by atoms with Crippen LogP contribution >= 0.6 is 0 Å². The Balaban J connectivity index is 1.79. The molecule has 18 heavy (non-hydrogen) atoms. The number of benzene rings is 1. The number of hydrogen-bond acceptors (Lipinski definition) is 3. The first-order valence-electron chi connectivity index (χ1n) is 6.76. The highest BCUT2D eigenvalue weighted by Crippen LogP contribution is 2.16. The van der Waals surface area contributed by atoms with E-state index in [4.69, 9.17) is 5.26 Å². The van der Waals surface area contributed by atoms with Crippen molar-refractivity contribution in [2.75, 3.05) is 31.5 Å². The molecule has 0 saturated carbocycles. The van der Waals surface area contributed by atoms with E-state index >= 15 is 0 Å². The lowest BCUT2D eigenvalue weighted by molar-refractivity contribution is 0.337. The first-order valence-corrected chi connectivity index (χ1v) is 6.76. The molecule has 1 fully saturated rings. The molecular weight excluding hydrogens is 222 g/mol. The number of rotatable bonds is 5. The Morgan fingerprint density at radius 3 is 2.83 bits per heavy atom. The third-order valence-electron chi connectivity index (χ3n) is 3.46. The van der Waals surface area contributed by atoms with Crippen LogP contribution in [0.3, 0.4) is 0 Å². The molecule has 3 heteroatoms. The van der Waals surface area contributed by atoms with Gasteiger partial charge < -0.3 is 10.2 Å². The van der Waals surface area contributed by atoms with Crippen LogP contribution < -0.4 is 5.32 Å². The lowest BCUT2D eigenvalue weighted by Crippen LogP contribution is -2.22. The molecule has 1 heterocycles. The second-order valence-corrected chi connectivity index (χ2v) is 4.99. The van der Waals surface area contributed by atoms with E-state index in [0.717, 1.165) is 24.2 Å². The molecule has 0 spiro atoms. The first-order chi connectivity index (χ1) is 8.79. The molecule has 0 aliphatic carbocycles. The van der Waals surface area contributed by atoms with Crippen molar-refractivity contribution in [2.24, 2.45) is 0 Å². The third-order valence-corrected chi connectivity index (χ3v) is 3.46. The number of likely N-dealkylation sites (tertiary alicyclic amines) is 1. The summed E-state index contributed by atoms with van der Waals surface area (Å²) in [5.41, 5.74) is 2.90. The topological polar surface area (TPSA) is 39.1 Å². The Morgan fingerprint density at radius 2 is 2.11 bits per heavy atom. The second-order valence-electron chi connectivity index (χ2n) is 4.99. The molecule has 2 rings (SSSR count). The standard InChI is InChI=1S/C15H21N3/c1-13-5-6-14(12-16)15(11-13)17-7-4-10-18-8-2-3-9-18/h5-6,11,17H,2-4,7-10H2,1H3. The Bertz CT molecular complexity index is 428. The number of hydrogen-bond donors (Lipinski definition) is 1. The first kappa shape index (κ1) is 12.9. The van der Waals surface area contributed by atoms with Gasteiger partial charge in [0.25, 0.3) is 0 Å². The second kappa shape index (κ2) is 6.42. The molecule has 0 bridgehead atoms. The van der Waals surface area contributed by atoms with Crippen molar-refractivity contribution in [2.45, 2.75) is 26.2 Å². The molecule has 0 amide bonds. The zero-order chi connectivity index (χ0) is 12.8. The largest absolute Gasteiger partial charge is 0.384 e. The number of anilines is 1. The summed E-state index contributed by atoms with van der Waals surface area (Å²) in [6, 6.07) is 8.15. The molecule has 1 aromatic carbocycles. The van der Waals surface area contributed by atoms with Gasteiger partial charge in [0.05, 0.1) is 11.3 Å². The number of nitriles is 1. The third kappa shape index (κ3) is 3.48. The minimum Gasteiger partial charge on any atom is -0.384 e. The lowest BCUT2D eigenvalue weighted by atomic mass is 10.1. The van der Waals surface area contributed by atoms with Crippen molar-refractivity contribution < 1.29 is 0 Å². The van der Waals surface area contributed by atoms with Crippen LogP contribution in [0.15, 0.2) is 18.2 Å². The van der Waals surface area contributed by atoms with Crippen LogP contribution in [-0.4, -0.2) is 31.1 Å². The fraction of sp³-hybridized carbons (Fsp3) is 0.533. The molecule has 1 aliphatic rings. The number of aryl methyl sites for hydroxylation is 1. The quantitative estimate of drug-likeness (QED) is 0.808. The lowest BCUT2D eigenvalue weighted by Gasteiger charge is -2.15. The molecule has 1 aromatic rings.